The lowest BCUT2D eigenvalue weighted by Crippen LogP contribution is -2.41. The van der Waals surface area contributed by atoms with Crippen LogP contribution in [-0.4, -0.2) is 28.1 Å². The maximum atomic E-state index is 11.4. The molecule has 0 saturated carbocycles. The van der Waals surface area contributed by atoms with E-state index in [2.05, 4.69) is 0 Å². The minimum Gasteiger partial charge on any atom is -0.508 e. The molecule has 1 aromatic rings. The van der Waals surface area contributed by atoms with Crippen molar-refractivity contribution in [2.24, 2.45) is 0 Å². The largest absolute Gasteiger partial charge is 0.508 e. The molecule has 0 spiro atoms. The van der Waals surface area contributed by atoms with Gasteiger partial charge >= 0.3 is 5.97 Å². The normalized spacial score (nSPS) is 18.3. The summed E-state index contributed by atoms with van der Waals surface area (Å²) in [4.78, 5) is 23.6. The van der Waals surface area contributed by atoms with Crippen LogP contribution in [0.5, 0.6) is 5.75 Å². The number of aromatic hydroxyl groups is 1. The van der Waals surface area contributed by atoms with E-state index in [0.29, 0.717) is 5.69 Å². The summed E-state index contributed by atoms with van der Waals surface area (Å²) < 4.78 is 0. The van der Waals surface area contributed by atoms with Crippen molar-refractivity contribution in [3.05, 3.63) is 23.8 Å². The van der Waals surface area contributed by atoms with Gasteiger partial charge in [-0.25, -0.2) is 4.79 Å². The average Bonchev–Trinajstić information content (AvgIpc) is 2.55. The molecule has 0 bridgehead atoms. The molecule has 0 aliphatic carbocycles. The number of benzene rings is 1. The second kappa shape index (κ2) is 3.52. The Balaban J connectivity index is 2.50. The molecule has 0 radical (unpaired) electrons. The number of hydrogen-bond donors (Lipinski definition) is 2. The molecular formula is C11H11NO4. The van der Waals surface area contributed by atoms with Crippen LogP contribution in [0.4, 0.5) is 5.69 Å². The molecule has 2 rings (SSSR count). The number of rotatable bonds is 1. The van der Waals surface area contributed by atoms with Crippen LogP contribution in [0.1, 0.15) is 12.5 Å². The van der Waals surface area contributed by atoms with Crippen molar-refractivity contribution in [3.63, 3.8) is 0 Å². The highest BCUT2D eigenvalue weighted by Gasteiger charge is 2.36. The van der Waals surface area contributed by atoms with E-state index in [9.17, 15) is 14.7 Å². The van der Waals surface area contributed by atoms with Crippen LogP contribution in [0.25, 0.3) is 0 Å². The van der Waals surface area contributed by atoms with E-state index in [1.54, 1.807) is 6.07 Å². The third kappa shape index (κ3) is 1.50. The molecular weight excluding hydrogens is 210 g/mol. The number of hydrogen-bond acceptors (Lipinski definition) is 3. The molecule has 1 atom stereocenters. The highest BCUT2D eigenvalue weighted by molar-refractivity contribution is 6.00. The van der Waals surface area contributed by atoms with Crippen molar-refractivity contribution in [2.45, 2.75) is 19.4 Å². The Bertz CT molecular complexity index is 469. The van der Waals surface area contributed by atoms with Crippen LogP contribution in [0.15, 0.2) is 18.2 Å². The van der Waals surface area contributed by atoms with E-state index in [4.69, 9.17) is 5.11 Å². The van der Waals surface area contributed by atoms with Crippen LogP contribution in [-0.2, 0) is 16.0 Å². The molecule has 5 heteroatoms. The van der Waals surface area contributed by atoms with Gasteiger partial charge in [0, 0.05) is 19.4 Å². The highest BCUT2D eigenvalue weighted by Crippen LogP contribution is 2.34. The van der Waals surface area contributed by atoms with E-state index in [-0.39, 0.29) is 18.1 Å². The molecule has 1 amide bonds. The van der Waals surface area contributed by atoms with Crippen molar-refractivity contribution < 1.29 is 19.8 Å². The van der Waals surface area contributed by atoms with Crippen molar-refractivity contribution in [3.8, 4) is 5.75 Å². The number of carboxylic acid groups (broad SMARTS) is 1. The lowest BCUT2D eigenvalue weighted by molar-refractivity contribution is -0.139. The number of aliphatic carboxylic acids is 1. The van der Waals surface area contributed by atoms with Gasteiger partial charge < -0.3 is 10.2 Å². The summed E-state index contributed by atoms with van der Waals surface area (Å²) in [5, 5.41) is 18.4. The predicted octanol–water partition coefficient (Wildman–Crippen LogP) is 0.754. The number of fused-ring (bicyclic) bond motifs is 1. The molecule has 0 saturated heterocycles. The Morgan fingerprint density at radius 3 is 2.69 bits per heavy atom. The minimum atomic E-state index is -1.04. The summed E-state index contributed by atoms with van der Waals surface area (Å²) in [6.07, 6.45) is 0.282. The van der Waals surface area contributed by atoms with Gasteiger partial charge in [0.05, 0.1) is 5.69 Å². The second-order valence-corrected chi connectivity index (χ2v) is 3.76. The van der Waals surface area contributed by atoms with Crippen LogP contribution < -0.4 is 4.90 Å². The van der Waals surface area contributed by atoms with Crippen molar-refractivity contribution in [1.29, 1.82) is 0 Å². The van der Waals surface area contributed by atoms with E-state index < -0.39 is 12.0 Å². The monoisotopic (exact) mass is 221 g/mol. The molecule has 1 unspecified atom stereocenters. The quantitative estimate of drug-likeness (QED) is 0.733. The van der Waals surface area contributed by atoms with Gasteiger partial charge in [-0.1, -0.05) is 6.07 Å². The third-order valence-electron chi connectivity index (χ3n) is 2.68. The van der Waals surface area contributed by atoms with Gasteiger partial charge in [-0.2, -0.15) is 0 Å². The van der Waals surface area contributed by atoms with Gasteiger partial charge in [0.15, 0.2) is 0 Å². The number of amides is 1. The van der Waals surface area contributed by atoms with Crippen LogP contribution in [0.3, 0.4) is 0 Å². The number of anilines is 1. The van der Waals surface area contributed by atoms with Crippen LogP contribution >= 0.6 is 0 Å². The van der Waals surface area contributed by atoms with Gasteiger partial charge in [0.2, 0.25) is 5.91 Å². The van der Waals surface area contributed by atoms with Gasteiger partial charge in [0.1, 0.15) is 11.8 Å². The first kappa shape index (κ1) is 10.5. The molecule has 16 heavy (non-hydrogen) atoms. The molecule has 1 aromatic carbocycles. The lowest BCUT2D eigenvalue weighted by atomic mass is 10.1. The molecule has 84 valence electrons. The summed E-state index contributed by atoms with van der Waals surface area (Å²) in [5.41, 5.74) is 1.25. The maximum Gasteiger partial charge on any atom is 0.327 e. The number of phenolic OH excluding ortho intramolecular Hbond substituents is 1. The van der Waals surface area contributed by atoms with Crippen LogP contribution in [0, 0.1) is 0 Å². The zero-order valence-electron chi connectivity index (χ0n) is 8.67. The van der Waals surface area contributed by atoms with Gasteiger partial charge in [-0.05, 0) is 11.6 Å². The average molecular weight is 221 g/mol. The molecule has 1 heterocycles. The lowest BCUT2D eigenvalue weighted by Gasteiger charge is -2.20. The Morgan fingerprint density at radius 2 is 2.12 bits per heavy atom. The number of carboxylic acids is 1. The SMILES string of the molecule is CC(=O)N1c2cc(O)ccc2CC1C(=O)O. The Labute approximate surface area is 91.9 Å². The molecule has 1 aliphatic heterocycles. The first-order valence-corrected chi connectivity index (χ1v) is 4.85. The summed E-state index contributed by atoms with van der Waals surface area (Å²) in [6, 6.07) is 3.68. The van der Waals surface area contributed by atoms with Gasteiger partial charge in [0.25, 0.3) is 0 Å². The fraction of sp³-hybridized carbons (Fsp3) is 0.273. The number of nitrogens with zero attached hydrogens (tertiary/aromatic N) is 1. The Kier molecular flexibility index (Phi) is 2.30. The predicted molar refractivity (Wildman–Crippen MR) is 56.4 cm³/mol. The first-order chi connectivity index (χ1) is 7.50. The van der Waals surface area contributed by atoms with E-state index in [1.807, 2.05) is 0 Å². The topological polar surface area (TPSA) is 77.8 Å². The smallest absolute Gasteiger partial charge is 0.327 e. The fourth-order valence-electron chi connectivity index (χ4n) is 2.00. The van der Waals surface area contributed by atoms with Crippen LogP contribution in [0.2, 0.25) is 0 Å². The summed E-state index contributed by atoms with van der Waals surface area (Å²) in [5.74, 6) is -1.35. The standard InChI is InChI=1S/C11H11NO4/c1-6(13)12-9-5-8(14)3-2-7(9)4-10(12)11(15)16/h2-3,5,10,14H,4H2,1H3,(H,15,16). The molecule has 5 nitrogen and oxygen atoms in total. The van der Waals surface area contributed by atoms with Crippen molar-refractivity contribution in [1.82, 2.24) is 0 Å². The van der Waals surface area contributed by atoms with Crippen molar-refractivity contribution in [2.75, 3.05) is 4.90 Å². The van der Waals surface area contributed by atoms with Gasteiger partial charge in [-0.3, -0.25) is 9.69 Å². The Morgan fingerprint density at radius 1 is 1.44 bits per heavy atom. The summed E-state index contributed by atoms with van der Waals surface area (Å²) >= 11 is 0. The summed E-state index contributed by atoms with van der Waals surface area (Å²) in [6.45, 7) is 1.31. The van der Waals surface area contributed by atoms with Gasteiger partial charge in [-0.15, -0.1) is 0 Å². The highest BCUT2D eigenvalue weighted by atomic mass is 16.4. The summed E-state index contributed by atoms with van der Waals surface area (Å²) in [7, 11) is 0. The molecule has 2 N–H and O–H groups in total. The molecule has 0 fully saturated rings. The fourth-order valence-corrected chi connectivity index (χ4v) is 2.00. The maximum absolute atomic E-state index is 11.4. The Hall–Kier alpha value is -2.04. The number of carbonyl (C=O) groups excluding carboxylic acids is 1. The van der Waals surface area contributed by atoms with E-state index >= 15 is 0 Å². The van der Waals surface area contributed by atoms with E-state index in [1.165, 1.54) is 24.0 Å². The van der Waals surface area contributed by atoms with E-state index in [0.717, 1.165) is 5.56 Å². The number of carbonyl (C=O) groups is 2. The third-order valence-corrected chi connectivity index (χ3v) is 2.68. The number of phenols is 1. The molecule has 1 aliphatic rings. The first-order valence-electron chi connectivity index (χ1n) is 4.85. The minimum absolute atomic E-state index is 0.0241. The second-order valence-electron chi connectivity index (χ2n) is 3.76. The zero-order chi connectivity index (χ0) is 11.9. The molecule has 0 aromatic heterocycles. The van der Waals surface area contributed by atoms with Crippen molar-refractivity contribution >= 4 is 17.6 Å². The zero-order valence-corrected chi connectivity index (χ0v) is 8.67.